The topological polar surface area (TPSA) is 45.2 Å². The van der Waals surface area contributed by atoms with Gasteiger partial charge in [-0.1, -0.05) is 32.9 Å². The van der Waals surface area contributed by atoms with Gasteiger partial charge in [-0.05, 0) is 48.1 Å². The fourth-order valence-electron chi connectivity index (χ4n) is 6.29. The van der Waals surface area contributed by atoms with Gasteiger partial charge in [0.15, 0.2) is 0 Å². The van der Waals surface area contributed by atoms with Crippen LogP contribution in [0.5, 0.6) is 5.75 Å². The average molecular weight is 403 g/mol. The monoisotopic (exact) mass is 402 g/mol. The van der Waals surface area contributed by atoms with E-state index in [1.807, 2.05) is 12.1 Å². The van der Waals surface area contributed by atoms with Gasteiger partial charge in [-0.15, -0.1) is 0 Å². The Kier molecular flexibility index (Phi) is 5.84. The minimum absolute atomic E-state index is 0.229. The molecule has 0 radical (unpaired) electrons. The van der Waals surface area contributed by atoms with E-state index in [0.717, 1.165) is 43.5 Å². The van der Waals surface area contributed by atoms with Gasteiger partial charge in [0.05, 0.1) is 31.6 Å². The number of benzene rings is 1. The number of ether oxygens (including phenoxy) is 2. The van der Waals surface area contributed by atoms with Crippen molar-refractivity contribution in [2.45, 2.75) is 52.2 Å². The number of hydrogen-bond acceptors (Lipinski definition) is 5. The number of methoxy groups -OCH3 is 1. The second-order valence-corrected chi connectivity index (χ2v) is 10.2. The van der Waals surface area contributed by atoms with Crippen molar-refractivity contribution in [2.75, 3.05) is 51.3 Å². The molecule has 2 aliphatic carbocycles. The van der Waals surface area contributed by atoms with Gasteiger partial charge < -0.3 is 19.5 Å². The van der Waals surface area contributed by atoms with Crippen molar-refractivity contribution in [3.05, 3.63) is 24.3 Å². The predicted octanol–water partition coefficient (Wildman–Crippen LogP) is 3.41. The Labute approximate surface area is 176 Å². The Morgan fingerprint density at radius 3 is 2.52 bits per heavy atom. The smallest absolute Gasteiger partial charge is 0.142 e. The van der Waals surface area contributed by atoms with Crippen LogP contribution in [-0.2, 0) is 4.74 Å². The van der Waals surface area contributed by atoms with Crippen LogP contribution in [-0.4, -0.2) is 68.7 Å². The van der Waals surface area contributed by atoms with Crippen molar-refractivity contribution in [2.24, 2.45) is 16.7 Å². The van der Waals surface area contributed by atoms with Crippen molar-refractivity contribution in [1.29, 1.82) is 0 Å². The Hall–Kier alpha value is -1.30. The minimum atomic E-state index is -0.425. The van der Waals surface area contributed by atoms with E-state index in [1.165, 1.54) is 19.3 Å². The molecule has 1 aliphatic heterocycles. The molecule has 1 aromatic rings. The molecule has 0 unspecified atom stereocenters. The van der Waals surface area contributed by atoms with E-state index in [2.05, 4.69) is 42.7 Å². The Morgan fingerprint density at radius 1 is 1.14 bits per heavy atom. The molecule has 162 valence electrons. The molecule has 2 bridgehead atoms. The maximum absolute atomic E-state index is 10.7. The molecule has 4 rings (SSSR count). The summed E-state index contributed by atoms with van der Waals surface area (Å²) in [7, 11) is 1.73. The largest absolute Gasteiger partial charge is 0.495 e. The lowest BCUT2D eigenvalue weighted by Crippen LogP contribution is -2.50. The standard InChI is InChI=1S/C24H38N2O3/c1-23(2)18-9-10-24(3,15-18)22(23)29-17-19(27)16-25-11-13-26(14-12-25)20-7-5-6-8-21(20)28-4/h5-8,18-19,22,27H,9-17H2,1-4H3/t18-,19+,22+,24+/m0/s1. The third-order valence-electron chi connectivity index (χ3n) is 7.86. The summed E-state index contributed by atoms with van der Waals surface area (Å²) < 4.78 is 11.9. The SMILES string of the molecule is COc1ccccc1N1CCN(C[C@@H](O)CO[C@@H]2C(C)(C)[C@H]3CC[C@]2(C)C3)CC1. The summed E-state index contributed by atoms with van der Waals surface area (Å²) in [5, 5.41) is 10.7. The molecule has 3 aliphatic rings. The molecule has 0 aromatic heterocycles. The molecular formula is C24H38N2O3. The number of anilines is 1. The summed E-state index contributed by atoms with van der Waals surface area (Å²) in [6.07, 6.45) is 3.73. The fourth-order valence-corrected chi connectivity index (χ4v) is 6.29. The van der Waals surface area contributed by atoms with Crippen LogP contribution >= 0.6 is 0 Å². The number of aliphatic hydroxyl groups excluding tert-OH is 1. The first-order chi connectivity index (χ1) is 13.8. The molecule has 1 aromatic carbocycles. The van der Waals surface area contributed by atoms with Gasteiger partial charge in [0, 0.05) is 32.7 Å². The van der Waals surface area contributed by atoms with Crippen LogP contribution in [0.1, 0.15) is 40.0 Å². The molecular weight excluding hydrogens is 364 g/mol. The number of rotatable bonds is 7. The highest BCUT2D eigenvalue weighted by Gasteiger charge is 2.60. The predicted molar refractivity (Wildman–Crippen MR) is 117 cm³/mol. The Bertz CT molecular complexity index is 696. The van der Waals surface area contributed by atoms with E-state index < -0.39 is 6.10 Å². The second-order valence-electron chi connectivity index (χ2n) is 10.2. The highest BCUT2D eigenvalue weighted by atomic mass is 16.5. The molecule has 1 saturated heterocycles. The van der Waals surface area contributed by atoms with Gasteiger partial charge in [0.1, 0.15) is 5.75 Å². The lowest BCUT2D eigenvalue weighted by atomic mass is 9.70. The molecule has 4 atom stereocenters. The molecule has 3 fully saturated rings. The first kappa shape index (κ1) is 21.0. The zero-order chi connectivity index (χ0) is 20.6. The van der Waals surface area contributed by atoms with Crippen LogP contribution in [0.3, 0.4) is 0 Å². The van der Waals surface area contributed by atoms with E-state index in [4.69, 9.17) is 9.47 Å². The molecule has 29 heavy (non-hydrogen) atoms. The van der Waals surface area contributed by atoms with E-state index in [9.17, 15) is 5.11 Å². The number of nitrogens with zero attached hydrogens (tertiary/aromatic N) is 2. The third-order valence-corrected chi connectivity index (χ3v) is 7.86. The summed E-state index contributed by atoms with van der Waals surface area (Å²) in [6, 6.07) is 8.20. The van der Waals surface area contributed by atoms with Crippen LogP contribution in [0, 0.1) is 16.7 Å². The Morgan fingerprint density at radius 2 is 1.86 bits per heavy atom. The summed E-state index contributed by atoms with van der Waals surface area (Å²) in [6.45, 7) is 12.0. The van der Waals surface area contributed by atoms with E-state index in [1.54, 1.807) is 7.11 Å². The van der Waals surface area contributed by atoms with E-state index in [-0.39, 0.29) is 11.5 Å². The van der Waals surface area contributed by atoms with E-state index >= 15 is 0 Å². The van der Waals surface area contributed by atoms with Crippen molar-refractivity contribution in [3.63, 3.8) is 0 Å². The van der Waals surface area contributed by atoms with Gasteiger partial charge in [-0.25, -0.2) is 0 Å². The third kappa shape index (κ3) is 4.01. The van der Waals surface area contributed by atoms with Crippen LogP contribution < -0.4 is 9.64 Å². The van der Waals surface area contributed by atoms with Crippen molar-refractivity contribution in [3.8, 4) is 5.75 Å². The number of fused-ring (bicyclic) bond motifs is 2. The zero-order valence-corrected chi connectivity index (χ0v) is 18.6. The first-order valence-electron chi connectivity index (χ1n) is 11.2. The number of para-hydroxylation sites is 2. The molecule has 0 amide bonds. The number of piperazine rings is 1. The fraction of sp³-hybridized carbons (Fsp3) is 0.750. The van der Waals surface area contributed by atoms with Gasteiger partial charge in [0.2, 0.25) is 0 Å². The summed E-state index contributed by atoms with van der Waals surface area (Å²) in [5.74, 6) is 1.70. The molecule has 5 nitrogen and oxygen atoms in total. The second kappa shape index (κ2) is 8.09. The summed E-state index contributed by atoms with van der Waals surface area (Å²) >= 11 is 0. The maximum atomic E-state index is 10.7. The quantitative estimate of drug-likeness (QED) is 0.757. The normalized spacial score (nSPS) is 32.5. The zero-order valence-electron chi connectivity index (χ0n) is 18.6. The number of aliphatic hydroxyl groups is 1. The van der Waals surface area contributed by atoms with Crippen molar-refractivity contribution < 1.29 is 14.6 Å². The van der Waals surface area contributed by atoms with Crippen LogP contribution in [0.4, 0.5) is 5.69 Å². The summed E-state index contributed by atoms with van der Waals surface area (Å²) in [5.41, 5.74) is 1.69. The average Bonchev–Trinajstić information content (AvgIpc) is 3.19. The van der Waals surface area contributed by atoms with Gasteiger partial charge in [-0.3, -0.25) is 4.90 Å². The summed E-state index contributed by atoms with van der Waals surface area (Å²) in [4.78, 5) is 4.73. The lowest BCUT2D eigenvalue weighted by Gasteiger charge is -2.43. The van der Waals surface area contributed by atoms with Crippen LogP contribution in [0.2, 0.25) is 0 Å². The van der Waals surface area contributed by atoms with Crippen LogP contribution in [0.25, 0.3) is 0 Å². The first-order valence-corrected chi connectivity index (χ1v) is 11.2. The molecule has 2 saturated carbocycles. The van der Waals surface area contributed by atoms with Gasteiger partial charge >= 0.3 is 0 Å². The highest BCUT2D eigenvalue weighted by molar-refractivity contribution is 5.58. The highest BCUT2D eigenvalue weighted by Crippen LogP contribution is 2.63. The van der Waals surface area contributed by atoms with E-state index in [0.29, 0.717) is 18.6 Å². The minimum Gasteiger partial charge on any atom is -0.495 e. The molecule has 5 heteroatoms. The molecule has 1 heterocycles. The van der Waals surface area contributed by atoms with Crippen molar-refractivity contribution >= 4 is 5.69 Å². The molecule has 0 spiro atoms. The lowest BCUT2D eigenvalue weighted by molar-refractivity contribution is -0.113. The van der Waals surface area contributed by atoms with Crippen molar-refractivity contribution in [1.82, 2.24) is 4.90 Å². The van der Waals surface area contributed by atoms with Gasteiger partial charge in [0.25, 0.3) is 0 Å². The molecule has 1 N–H and O–H groups in total. The van der Waals surface area contributed by atoms with Gasteiger partial charge in [-0.2, -0.15) is 0 Å². The Balaban J connectivity index is 1.25. The number of β-amino-alcohol motifs (C(OH)–C–C–N with tert-alkyl or cyclic N) is 1. The number of hydrogen-bond donors (Lipinski definition) is 1. The maximum Gasteiger partial charge on any atom is 0.142 e. The van der Waals surface area contributed by atoms with Crippen LogP contribution in [0.15, 0.2) is 24.3 Å².